The third-order valence-electron chi connectivity index (χ3n) is 6.17. The van der Waals surface area contributed by atoms with E-state index in [2.05, 4.69) is 4.74 Å². The molecular formula is C37H33ClO11. The van der Waals surface area contributed by atoms with Crippen LogP contribution in [0, 0.1) is 13.8 Å². The largest absolute Gasteiger partial charge is 0.508 e. The number of aryl methyl sites for hydroxylation is 1. The van der Waals surface area contributed by atoms with E-state index in [0.29, 0.717) is 11.3 Å². The van der Waals surface area contributed by atoms with Gasteiger partial charge in [0, 0.05) is 17.2 Å². The number of hydrogen-bond donors (Lipinski definition) is 4. The van der Waals surface area contributed by atoms with E-state index in [1.165, 1.54) is 44.4 Å². The number of para-hydroxylation sites is 3. The SMILES string of the molecule is COC(=O)c1c(C)cc(O)c(C)c1O.O=C(Cl)Oc1ccccc1C(=O)Oc1ccccc1.O=C(O)c1ccccc1O.c1ccccc1. The number of phenols is 3. The van der Waals surface area contributed by atoms with Crippen molar-refractivity contribution in [2.24, 2.45) is 0 Å². The normalized spacial score (nSPS) is 9.47. The molecule has 4 N–H and O–H groups in total. The summed E-state index contributed by atoms with van der Waals surface area (Å²) in [5, 5.41) is 36.3. The van der Waals surface area contributed by atoms with Crippen LogP contribution in [0.15, 0.2) is 121 Å². The number of ether oxygens (including phenoxy) is 3. The maximum Gasteiger partial charge on any atom is 0.409 e. The number of aromatic hydroxyl groups is 3. The van der Waals surface area contributed by atoms with Crippen molar-refractivity contribution in [2.75, 3.05) is 7.11 Å². The topological polar surface area (TPSA) is 177 Å². The fraction of sp³-hybridized carbons (Fsp3) is 0.0811. The molecule has 0 aromatic heterocycles. The van der Waals surface area contributed by atoms with E-state index in [9.17, 15) is 29.4 Å². The summed E-state index contributed by atoms with van der Waals surface area (Å²) < 4.78 is 14.4. The van der Waals surface area contributed by atoms with Gasteiger partial charge in [-0.2, -0.15) is 0 Å². The van der Waals surface area contributed by atoms with Crippen LogP contribution in [0.5, 0.6) is 28.7 Å². The van der Waals surface area contributed by atoms with Crippen molar-refractivity contribution in [2.45, 2.75) is 13.8 Å². The van der Waals surface area contributed by atoms with Gasteiger partial charge in [-0.15, -0.1) is 0 Å². The summed E-state index contributed by atoms with van der Waals surface area (Å²) in [5.74, 6) is -2.35. The van der Waals surface area contributed by atoms with Crippen LogP contribution in [-0.2, 0) is 4.74 Å². The molecule has 0 bridgehead atoms. The van der Waals surface area contributed by atoms with Crippen molar-refractivity contribution in [1.29, 1.82) is 0 Å². The number of phenolic OH excluding ortho intramolecular Hbond substituents is 2. The van der Waals surface area contributed by atoms with Gasteiger partial charge in [-0.05, 0) is 61.9 Å². The van der Waals surface area contributed by atoms with Crippen LogP contribution in [0.4, 0.5) is 4.79 Å². The minimum atomic E-state index is -1.11. The van der Waals surface area contributed by atoms with Crippen LogP contribution in [-0.4, -0.2) is 50.9 Å². The second kappa shape index (κ2) is 20.0. The predicted molar refractivity (Wildman–Crippen MR) is 182 cm³/mol. The van der Waals surface area contributed by atoms with Gasteiger partial charge in [0.15, 0.2) is 0 Å². The Morgan fingerprint density at radius 2 is 1.10 bits per heavy atom. The highest BCUT2D eigenvalue weighted by Gasteiger charge is 2.19. The Kier molecular flexibility index (Phi) is 15.9. The molecule has 5 aromatic rings. The molecule has 0 heterocycles. The Hall–Kier alpha value is -6.33. The quantitative estimate of drug-likeness (QED) is 0.0801. The number of carboxylic acids is 1. The highest BCUT2D eigenvalue weighted by atomic mass is 35.5. The molecule has 5 rings (SSSR count). The number of esters is 2. The van der Waals surface area contributed by atoms with E-state index >= 15 is 0 Å². The van der Waals surface area contributed by atoms with Crippen molar-refractivity contribution >= 4 is 34.9 Å². The molecule has 49 heavy (non-hydrogen) atoms. The molecule has 12 heteroatoms. The smallest absolute Gasteiger partial charge is 0.409 e. The van der Waals surface area contributed by atoms with Crippen molar-refractivity contribution < 1.29 is 53.8 Å². The monoisotopic (exact) mass is 688 g/mol. The Morgan fingerprint density at radius 1 is 0.612 bits per heavy atom. The van der Waals surface area contributed by atoms with Gasteiger partial charge in [-0.1, -0.05) is 78.9 Å². The zero-order valence-corrected chi connectivity index (χ0v) is 27.3. The highest BCUT2D eigenvalue weighted by molar-refractivity contribution is 6.61. The Balaban J connectivity index is 0.000000244. The zero-order chi connectivity index (χ0) is 36.3. The lowest BCUT2D eigenvalue weighted by Crippen LogP contribution is -2.11. The molecule has 0 aliphatic heterocycles. The van der Waals surface area contributed by atoms with Gasteiger partial charge in [0.1, 0.15) is 45.4 Å². The van der Waals surface area contributed by atoms with E-state index in [0.717, 1.165) is 0 Å². The first kappa shape index (κ1) is 38.9. The second-order valence-electron chi connectivity index (χ2n) is 9.57. The molecule has 0 spiro atoms. The highest BCUT2D eigenvalue weighted by Crippen LogP contribution is 2.32. The molecular weight excluding hydrogens is 656 g/mol. The number of methoxy groups -OCH3 is 1. The fourth-order valence-corrected chi connectivity index (χ4v) is 3.82. The van der Waals surface area contributed by atoms with Crippen molar-refractivity contribution in [1.82, 2.24) is 0 Å². The van der Waals surface area contributed by atoms with Crippen LogP contribution in [0.25, 0.3) is 0 Å². The fourth-order valence-electron chi connectivity index (χ4n) is 3.74. The van der Waals surface area contributed by atoms with Gasteiger partial charge >= 0.3 is 23.3 Å². The summed E-state index contributed by atoms with van der Waals surface area (Å²) in [4.78, 5) is 44.2. The third kappa shape index (κ3) is 12.8. The standard InChI is InChI=1S/C14H9ClO4.C10H12O4.C7H6O3.C6H6/c15-14(17)19-12-9-5-4-8-11(12)13(16)18-10-6-2-1-3-7-10;1-5-4-7(11)6(2)9(12)8(5)10(13)14-3;8-6-4-2-1-3-5(6)7(9)10;1-2-4-6-5-3-1/h1-9H;4,11-12H,1-3H3;1-4,8H,(H,9,10);1-6H. The van der Waals surface area contributed by atoms with Crippen LogP contribution >= 0.6 is 11.6 Å². The lowest BCUT2D eigenvalue weighted by atomic mass is 10.0. The summed E-state index contributed by atoms with van der Waals surface area (Å²) in [6.07, 6.45) is 0. The number of carboxylic acid groups (broad SMARTS) is 1. The molecule has 0 saturated heterocycles. The Labute approximate surface area is 287 Å². The molecule has 0 radical (unpaired) electrons. The minimum absolute atomic E-state index is 0.0346. The number of hydrogen-bond acceptors (Lipinski definition) is 10. The number of aromatic carboxylic acids is 1. The first-order valence-corrected chi connectivity index (χ1v) is 14.6. The maximum absolute atomic E-state index is 12.0. The van der Waals surface area contributed by atoms with Crippen molar-refractivity contribution in [3.63, 3.8) is 0 Å². The number of rotatable bonds is 5. The number of carbonyl (C=O) groups is 4. The first-order valence-electron chi connectivity index (χ1n) is 14.2. The van der Waals surface area contributed by atoms with Gasteiger partial charge in [0.2, 0.25) is 0 Å². The van der Waals surface area contributed by atoms with E-state index in [1.807, 2.05) is 36.4 Å². The van der Waals surface area contributed by atoms with Crippen LogP contribution in [0.2, 0.25) is 0 Å². The van der Waals surface area contributed by atoms with E-state index in [-0.39, 0.29) is 45.3 Å². The average molecular weight is 689 g/mol. The molecule has 0 atom stereocenters. The van der Waals surface area contributed by atoms with Gasteiger partial charge in [0.25, 0.3) is 0 Å². The maximum atomic E-state index is 12.0. The van der Waals surface area contributed by atoms with Crippen molar-refractivity contribution in [3.8, 4) is 28.7 Å². The molecule has 11 nitrogen and oxygen atoms in total. The predicted octanol–water partition coefficient (Wildman–Crippen LogP) is 7.92. The lowest BCUT2D eigenvalue weighted by molar-refractivity contribution is 0.0594. The first-order chi connectivity index (χ1) is 23.4. The molecule has 0 fully saturated rings. The third-order valence-corrected chi connectivity index (χ3v) is 6.24. The average Bonchev–Trinajstić information content (AvgIpc) is 3.09. The molecule has 0 aliphatic rings. The number of halogens is 1. The van der Waals surface area contributed by atoms with Gasteiger partial charge < -0.3 is 34.6 Å². The van der Waals surface area contributed by atoms with Gasteiger partial charge in [-0.25, -0.2) is 19.2 Å². The number of benzene rings is 5. The second-order valence-corrected chi connectivity index (χ2v) is 9.88. The molecule has 0 unspecified atom stereocenters. The molecule has 5 aromatic carbocycles. The summed E-state index contributed by atoms with van der Waals surface area (Å²) in [6.45, 7) is 3.14. The Bertz CT molecular complexity index is 1820. The van der Waals surface area contributed by atoms with Gasteiger partial charge in [0.05, 0.1) is 7.11 Å². The van der Waals surface area contributed by atoms with Crippen LogP contribution in [0.1, 0.15) is 42.2 Å². The van der Waals surface area contributed by atoms with Crippen LogP contribution < -0.4 is 9.47 Å². The summed E-state index contributed by atoms with van der Waals surface area (Å²) in [7, 11) is 1.24. The van der Waals surface area contributed by atoms with Crippen molar-refractivity contribution in [3.05, 3.63) is 149 Å². The lowest BCUT2D eigenvalue weighted by Gasteiger charge is -2.10. The van der Waals surface area contributed by atoms with Crippen LogP contribution in [0.3, 0.4) is 0 Å². The van der Waals surface area contributed by atoms with E-state index in [4.69, 9.17) is 31.3 Å². The summed E-state index contributed by atoms with van der Waals surface area (Å²) in [5.41, 5.74) is -0.0981. The van der Waals surface area contributed by atoms with E-state index in [1.54, 1.807) is 61.5 Å². The Morgan fingerprint density at radius 3 is 1.59 bits per heavy atom. The molecule has 0 aliphatic carbocycles. The minimum Gasteiger partial charge on any atom is -0.508 e. The molecule has 0 saturated carbocycles. The number of carbonyl (C=O) groups excluding carboxylic acids is 3. The van der Waals surface area contributed by atoms with E-state index < -0.39 is 23.3 Å². The summed E-state index contributed by atoms with van der Waals surface area (Å²) in [6, 6.07) is 34.0. The summed E-state index contributed by atoms with van der Waals surface area (Å²) >= 11 is 5.14. The molecule has 254 valence electrons. The zero-order valence-electron chi connectivity index (χ0n) is 26.6. The van der Waals surface area contributed by atoms with Gasteiger partial charge in [-0.3, -0.25) is 0 Å². The molecule has 0 amide bonds.